The summed E-state index contributed by atoms with van der Waals surface area (Å²) in [5, 5.41) is 14.5. The highest BCUT2D eigenvalue weighted by Crippen LogP contribution is 2.37. The lowest BCUT2D eigenvalue weighted by Gasteiger charge is -2.05. The predicted octanol–water partition coefficient (Wildman–Crippen LogP) is 6.52. The summed E-state index contributed by atoms with van der Waals surface area (Å²) >= 11 is 2.62. The number of hydrogen-bond acceptors (Lipinski definition) is 8. The minimum Gasteiger partial charge on any atom is -0.456 e. The van der Waals surface area contributed by atoms with E-state index in [4.69, 9.17) is 4.42 Å². The maximum absolute atomic E-state index is 12.8. The van der Waals surface area contributed by atoms with Gasteiger partial charge in [-0.15, -0.1) is 11.3 Å². The number of furan rings is 1. The van der Waals surface area contributed by atoms with Gasteiger partial charge in [0.25, 0.3) is 11.6 Å². The molecule has 2 aromatic heterocycles. The SMILES string of the molecule is Cc1ccc(-c2ccc(/C=C3/S/C(=N/c4nc(-c5ccccc5)cs4)N(C)C3=O)o2)c([N+](=O)[O-])c1. The number of likely N-dealkylation sites (N-methyl/N-ethyl adjacent to an activating group) is 1. The van der Waals surface area contributed by atoms with Crippen molar-refractivity contribution in [2.45, 2.75) is 6.92 Å². The summed E-state index contributed by atoms with van der Waals surface area (Å²) < 4.78 is 5.84. The van der Waals surface area contributed by atoms with Crippen LogP contribution in [0.2, 0.25) is 0 Å². The molecule has 0 N–H and O–H groups in total. The first kappa shape index (κ1) is 22.8. The van der Waals surface area contributed by atoms with Gasteiger partial charge in [0.15, 0.2) is 5.17 Å². The van der Waals surface area contributed by atoms with Crippen molar-refractivity contribution in [3.63, 3.8) is 0 Å². The molecule has 1 aliphatic rings. The Morgan fingerprint density at radius 3 is 2.71 bits per heavy atom. The van der Waals surface area contributed by atoms with Crippen LogP contribution in [0.25, 0.3) is 28.7 Å². The Kier molecular flexibility index (Phi) is 6.06. The second-order valence-corrected chi connectivity index (χ2v) is 9.58. The van der Waals surface area contributed by atoms with Crippen molar-refractivity contribution < 1.29 is 14.1 Å². The second-order valence-electron chi connectivity index (χ2n) is 7.73. The van der Waals surface area contributed by atoms with E-state index < -0.39 is 4.92 Å². The first-order chi connectivity index (χ1) is 16.9. The van der Waals surface area contributed by atoms with Crippen LogP contribution in [0.4, 0.5) is 10.8 Å². The minimum absolute atomic E-state index is 0.0302. The van der Waals surface area contributed by atoms with Crippen molar-refractivity contribution >= 4 is 51.1 Å². The van der Waals surface area contributed by atoms with E-state index in [2.05, 4.69) is 9.98 Å². The van der Waals surface area contributed by atoms with E-state index in [0.29, 0.717) is 32.3 Å². The molecule has 3 heterocycles. The summed E-state index contributed by atoms with van der Waals surface area (Å²) in [7, 11) is 1.66. The fourth-order valence-corrected chi connectivity index (χ4v) is 5.20. The van der Waals surface area contributed by atoms with E-state index in [1.165, 1.54) is 34.1 Å². The first-order valence-corrected chi connectivity index (χ1v) is 12.2. The number of nitro groups is 1. The zero-order chi connectivity index (χ0) is 24.5. The number of benzene rings is 2. The molecule has 2 aromatic carbocycles. The van der Waals surface area contributed by atoms with E-state index in [1.54, 1.807) is 44.3 Å². The molecule has 0 atom stereocenters. The Morgan fingerprint density at radius 1 is 1.14 bits per heavy atom. The number of aliphatic imine (C=N–C) groups is 1. The molecule has 8 nitrogen and oxygen atoms in total. The van der Waals surface area contributed by atoms with Gasteiger partial charge in [0, 0.05) is 30.1 Å². The summed E-state index contributed by atoms with van der Waals surface area (Å²) in [5.74, 6) is 0.561. The topological polar surface area (TPSA) is 102 Å². The summed E-state index contributed by atoms with van der Waals surface area (Å²) in [6.07, 6.45) is 1.62. The smallest absolute Gasteiger partial charge is 0.280 e. The van der Waals surface area contributed by atoms with Gasteiger partial charge in [0.05, 0.1) is 21.1 Å². The maximum Gasteiger partial charge on any atom is 0.280 e. The molecule has 0 aliphatic carbocycles. The largest absolute Gasteiger partial charge is 0.456 e. The third kappa shape index (κ3) is 4.66. The number of carbonyl (C=O) groups excluding carboxylic acids is 1. The number of thiazole rings is 1. The summed E-state index contributed by atoms with van der Waals surface area (Å²) in [4.78, 5) is 34.9. The number of thioether (sulfide) groups is 1. The van der Waals surface area contributed by atoms with Crippen molar-refractivity contribution in [3.05, 3.63) is 92.4 Å². The number of amides is 1. The lowest BCUT2D eigenvalue weighted by molar-refractivity contribution is -0.384. The number of hydrogen-bond donors (Lipinski definition) is 0. The molecule has 0 spiro atoms. The molecule has 1 aliphatic heterocycles. The number of amidine groups is 1. The van der Waals surface area contributed by atoms with E-state index in [0.717, 1.165) is 16.8 Å². The molecule has 1 fully saturated rings. The fourth-order valence-electron chi connectivity index (χ4n) is 3.50. The van der Waals surface area contributed by atoms with Crippen LogP contribution >= 0.6 is 23.1 Å². The van der Waals surface area contributed by atoms with Gasteiger partial charge in [0.2, 0.25) is 5.13 Å². The van der Waals surface area contributed by atoms with Crippen LogP contribution < -0.4 is 0 Å². The highest BCUT2D eigenvalue weighted by Gasteiger charge is 2.31. The van der Waals surface area contributed by atoms with Gasteiger partial charge >= 0.3 is 0 Å². The quantitative estimate of drug-likeness (QED) is 0.175. The molecule has 5 rings (SSSR count). The number of aryl methyl sites for hydroxylation is 1. The molecular weight excluding hydrogens is 484 g/mol. The number of rotatable bonds is 5. The fraction of sp³-hybridized carbons (Fsp3) is 0.0800. The first-order valence-electron chi connectivity index (χ1n) is 10.5. The standard InChI is InChI=1S/C25H18N4O4S2/c1-15-8-10-18(20(12-15)29(31)32)21-11-9-17(33-21)13-22-23(30)28(2)25(35-22)27-24-26-19(14-34-24)16-6-4-3-5-7-16/h3-14H,1-2H3/b22-13+,27-25+. The van der Waals surface area contributed by atoms with Crippen LogP contribution in [-0.2, 0) is 4.79 Å². The second kappa shape index (κ2) is 9.32. The molecular formula is C25H18N4O4S2. The Hall–Kier alpha value is -4.02. The summed E-state index contributed by atoms with van der Waals surface area (Å²) in [6.45, 7) is 1.79. The van der Waals surface area contributed by atoms with Gasteiger partial charge in [-0.25, -0.2) is 4.98 Å². The van der Waals surface area contributed by atoms with Gasteiger partial charge < -0.3 is 4.42 Å². The van der Waals surface area contributed by atoms with Gasteiger partial charge in [-0.2, -0.15) is 4.99 Å². The van der Waals surface area contributed by atoms with Crippen LogP contribution in [0.1, 0.15) is 11.3 Å². The average Bonchev–Trinajstić information content (AvgIpc) is 3.57. The van der Waals surface area contributed by atoms with Crippen molar-refractivity contribution in [3.8, 4) is 22.6 Å². The number of nitrogens with zero attached hydrogens (tertiary/aromatic N) is 4. The van der Waals surface area contributed by atoms with Crippen LogP contribution in [0.15, 0.2) is 80.4 Å². The van der Waals surface area contributed by atoms with Crippen LogP contribution in [0.3, 0.4) is 0 Å². The lowest BCUT2D eigenvalue weighted by atomic mass is 10.1. The zero-order valence-corrected chi connectivity index (χ0v) is 20.3. The molecule has 1 saturated heterocycles. The van der Waals surface area contributed by atoms with Crippen molar-refractivity contribution in [1.29, 1.82) is 0 Å². The molecule has 0 bridgehead atoms. The number of nitro benzene ring substituents is 1. The zero-order valence-electron chi connectivity index (χ0n) is 18.7. The van der Waals surface area contributed by atoms with Crippen LogP contribution in [0, 0.1) is 17.0 Å². The van der Waals surface area contributed by atoms with Crippen molar-refractivity contribution in [1.82, 2.24) is 9.88 Å². The maximum atomic E-state index is 12.8. The summed E-state index contributed by atoms with van der Waals surface area (Å²) in [6, 6.07) is 18.1. The molecule has 35 heavy (non-hydrogen) atoms. The van der Waals surface area contributed by atoms with E-state index in [1.807, 2.05) is 35.7 Å². The van der Waals surface area contributed by atoms with Crippen LogP contribution in [-0.4, -0.2) is 32.9 Å². The Labute approximate surface area is 208 Å². The molecule has 10 heteroatoms. The normalized spacial score (nSPS) is 15.9. The Balaban J connectivity index is 1.39. The third-order valence-electron chi connectivity index (χ3n) is 5.27. The minimum atomic E-state index is -0.432. The van der Waals surface area contributed by atoms with Gasteiger partial charge in [-0.05, 0) is 42.4 Å². The van der Waals surface area contributed by atoms with E-state index in [-0.39, 0.29) is 11.6 Å². The number of carbonyl (C=O) groups is 1. The van der Waals surface area contributed by atoms with E-state index in [9.17, 15) is 14.9 Å². The molecule has 174 valence electrons. The van der Waals surface area contributed by atoms with Gasteiger partial charge in [0.1, 0.15) is 11.5 Å². The highest BCUT2D eigenvalue weighted by molar-refractivity contribution is 8.18. The van der Waals surface area contributed by atoms with Crippen LogP contribution in [0.5, 0.6) is 0 Å². The molecule has 4 aromatic rings. The third-order valence-corrected chi connectivity index (χ3v) is 7.07. The molecule has 0 saturated carbocycles. The highest BCUT2D eigenvalue weighted by atomic mass is 32.2. The Morgan fingerprint density at radius 2 is 1.94 bits per heavy atom. The van der Waals surface area contributed by atoms with Crippen molar-refractivity contribution in [2.75, 3.05) is 7.05 Å². The van der Waals surface area contributed by atoms with Gasteiger partial charge in [-0.3, -0.25) is 19.8 Å². The molecule has 1 amide bonds. The number of aromatic nitrogens is 1. The van der Waals surface area contributed by atoms with Crippen molar-refractivity contribution in [2.24, 2.45) is 4.99 Å². The van der Waals surface area contributed by atoms with E-state index >= 15 is 0 Å². The molecule has 0 unspecified atom stereocenters. The summed E-state index contributed by atoms with van der Waals surface area (Å²) in [5.41, 5.74) is 2.97. The average molecular weight is 503 g/mol. The molecule has 0 radical (unpaired) electrons. The monoisotopic (exact) mass is 502 g/mol. The predicted molar refractivity (Wildman–Crippen MR) is 139 cm³/mol. The van der Waals surface area contributed by atoms with Gasteiger partial charge in [-0.1, -0.05) is 36.4 Å². The Bertz CT molecular complexity index is 1500. The lowest BCUT2D eigenvalue weighted by Crippen LogP contribution is -2.23.